The quantitative estimate of drug-likeness (QED) is 0.907. The van der Waals surface area contributed by atoms with Crippen LogP contribution in [0.25, 0.3) is 0 Å². The standard InChI is InChI=1S/C16H17FN2O2/c1-19(10-12-7-5-11(9-18)6-8-12)16(21)15-13(17)3-2-4-14(15)20/h2-8,20H,9-10,18H2,1H3. The summed E-state index contributed by atoms with van der Waals surface area (Å²) in [5.41, 5.74) is 7.12. The van der Waals surface area contributed by atoms with Gasteiger partial charge in [-0.15, -0.1) is 0 Å². The maximum absolute atomic E-state index is 13.7. The summed E-state index contributed by atoms with van der Waals surface area (Å²) in [6.07, 6.45) is 0. The lowest BCUT2D eigenvalue weighted by Crippen LogP contribution is -2.27. The first-order chi connectivity index (χ1) is 10.0. The van der Waals surface area contributed by atoms with Gasteiger partial charge in [0.2, 0.25) is 0 Å². The molecule has 2 aromatic rings. The van der Waals surface area contributed by atoms with Crippen LogP contribution >= 0.6 is 0 Å². The number of carbonyl (C=O) groups is 1. The Morgan fingerprint density at radius 1 is 1.19 bits per heavy atom. The van der Waals surface area contributed by atoms with E-state index in [1.807, 2.05) is 24.3 Å². The third-order valence-electron chi connectivity index (χ3n) is 3.23. The molecule has 0 fully saturated rings. The lowest BCUT2D eigenvalue weighted by atomic mass is 10.1. The molecule has 0 radical (unpaired) electrons. The minimum Gasteiger partial charge on any atom is -0.507 e. The number of hydrogen-bond acceptors (Lipinski definition) is 3. The second kappa shape index (κ2) is 6.37. The number of nitrogens with zero attached hydrogens (tertiary/aromatic N) is 1. The Balaban J connectivity index is 2.15. The molecule has 4 nitrogen and oxygen atoms in total. The summed E-state index contributed by atoms with van der Waals surface area (Å²) >= 11 is 0. The van der Waals surface area contributed by atoms with E-state index in [1.54, 1.807) is 7.05 Å². The molecule has 0 aliphatic heterocycles. The Labute approximate surface area is 122 Å². The molecule has 0 saturated heterocycles. The van der Waals surface area contributed by atoms with Crippen LogP contribution in [0, 0.1) is 5.82 Å². The number of phenols is 1. The van der Waals surface area contributed by atoms with Gasteiger partial charge in [0.1, 0.15) is 17.1 Å². The molecule has 0 aliphatic rings. The molecule has 0 atom stereocenters. The zero-order valence-electron chi connectivity index (χ0n) is 11.7. The molecule has 0 aliphatic carbocycles. The van der Waals surface area contributed by atoms with E-state index < -0.39 is 11.7 Å². The van der Waals surface area contributed by atoms with Gasteiger partial charge in [0.05, 0.1) is 0 Å². The second-order valence-corrected chi connectivity index (χ2v) is 4.82. The summed E-state index contributed by atoms with van der Waals surface area (Å²) < 4.78 is 13.7. The molecule has 1 amide bonds. The van der Waals surface area contributed by atoms with Gasteiger partial charge >= 0.3 is 0 Å². The monoisotopic (exact) mass is 288 g/mol. The Hall–Kier alpha value is -2.40. The second-order valence-electron chi connectivity index (χ2n) is 4.82. The van der Waals surface area contributed by atoms with Crippen molar-refractivity contribution in [3.8, 4) is 5.75 Å². The molecule has 21 heavy (non-hydrogen) atoms. The van der Waals surface area contributed by atoms with E-state index in [0.29, 0.717) is 13.1 Å². The number of phenolic OH excluding ortho intramolecular Hbond substituents is 1. The smallest absolute Gasteiger partial charge is 0.260 e. The summed E-state index contributed by atoms with van der Waals surface area (Å²) in [7, 11) is 1.56. The van der Waals surface area contributed by atoms with Crippen molar-refractivity contribution in [2.45, 2.75) is 13.1 Å². The zero-order valence-corrected chi connectivity index (χ0v) is 11.7. The van der Waals surface area contributed by atoms with Gasteiger partial charge in [0, 0.05) is 20.1 Å². The van der Waals surface area contributed by atoms with E-state index in [9.17, 15) is 14.3 Å². The van der Waals surface area contributed by atoms with Crippen LogP contribution in [0.2, 0.25) is 0 Å². The van der Waals surface area contributed by atoms with Gasteiger partial charge in [-0.05, 0) is 23.3 Å². The number of benzene rings is 2. The van der Waals surface area contributed by atoms with Crippen molar-refractivity contribution >= 4 is 5.91 Å². The number of carbonyl (C=O) groups excluding carboxylic acids is 1. The van der Waals surface area contributed by atoms with Gasteiger partial charge in [0.25, 0.3) is 5.91 Å². The highest BCUT2D eigenvalue weighted by Gasteiger charge is 2.20. The Bertz CT molecular complexity index is 621. The van der Waals surface area contributed by atoms with Crippen molar-refractivity contribution < 1.29 is 14.3 Å². The van der Waals surface area contributed by atoms with E-state index in [1.165, 1.54) is 17.0 Å². The van der Waals surface area contributed by atoms with E-state index in [-0.39, 0.29) is 11.3 Å². The summed E-state index contributed by atoms with van der Waals surface area (Å²) in [5.74, 6) is -1.65. The van der Waals surface area contributed by atoms with Crippen molar-refractivity contribution in [1.29, 1.82) is 0 Å². The normalized spacial score (nSPS) is 10.4. The highest BCUT2D eigenvalue weighted by Crippen LogP contribution is 2.22. The average Bonchev–Trinajstić information content (AvgIpc) is 2.47. The summed E-state index contributed by atoms with van der Waals surface area (Å²) in [6, 6.07) is 11.3. The largest absolute Gasteiger partial charge is 0.507 e. The maximum Gasteiger partial charge on any atom is 0.260 e. The zero-order chi connectivity index (χ0) is 15.4. The van der Waals surface area contributed by atoms with Crippen molar-refractivity contribution in [2.24, 2.45) is 5.73 Å². The highest BCUT2D eigenvalue weighted by atomic mass is 19.1. The van der Waals surface area contributed by atoms with E-state index in [0.717, 1.165) is 17.2 Å². The molecule has 5 heteroatoms. The number of amides is 1. The van der Waals surface area contributed by atoms with Crippen LogP contribution in [0.1, 0.15) is 21.5 Å². The van der Waals surface area contributed by atoms with Gasteiger partial charge < -0.3 is 15.7 Å². The van der Waals surface area contributed by atoms with Crippen LogP contribution in [-0.2, 0) is 13.1 Å². The predicted octanol–water partition coefficient (Wildman–Crippen LogP) is 2.26. The van der Waals surface area contributed by atoms with Gasteiger partial charge in [-0.3, -0.25) is 4.79 Å². The Morgan fingerprint density at radius 2 is 1.81 bits per heavy atom. The molecular formula is C16H17FN2O2. The van der Waals surface area contributed by atoms with Gasteiger partial charge in [-0.1, -0.05) is 30.3 Å². The van der Waals surface area contributed by atoms with Crippen LogP contribution in [0.3, 0.4) is 0 Å². The molecule has 3 N–H and O–H groups in total. The fraction of sp³-hybridized carbons (Fsp3) is 0.188. The number of halogens is 1. The van der Waals surface area contributed by atoms with Crippen LogP contribution in [0.4, 0.5) is 4.39 Å². The van der Waals surface area contributed by atoms with Gasteiger partial charge in [0.15, 0.2) is 0 Å². The summed E-state index contributed by atoms with van der Waals surface area (Å²) in [6.45, 7) is 0.773. The summed E-state index contributed by atoms with van der Waals surface area (Å²) in [5, 5.41) is 9.64. The van der Waals surface area contributed by atoms with Crippen LogP contribution in [-0.4, -0.2) is 23.0 Å². The molecule has 0 unspecified atom stereocenters. The molecule has 0 bridgehead atoms. The maximum atomic E-state index is 13.7. The lowest BCUT2D eigenvalue weighted by Gasteiger charge is -2.18. The third kappa shape index (κ3) is 3.38. The lowest BCUT2D eigenvalue weighted by molar-refractivity contribution is 0.0777. The first-order valence-electron chi connectivity index (χ1n) is 6.53. The van der Waals surface area contributed by atoms with Crippen molar-refractivity contribution in [3.63, 3.8) is 0 Å². The van der Waals surface area contributed by atoms with Crippen LogP contribution in [0.15, 0.2) is 42.5 Å². The highest BCUT2D eigenvalue weighted by molar-refractivity contribution is 5.96. The molecule has 0 saturated carbocycles. The van der Waals surface area contributed by atoms with Crippen molar-refractivity contribution in [3.05, 3.63) is 65.0 Å². The number of nitrogens with two attached hydrogens (primary N) is 1. The van der Waals surface area contributed by atoms with E-state index in [4.69, 9.17) is 5.73 Å². The van der Waals surface area contributed by atoms with E-state index >= 15 is 0 Å². The molecule has 0 heterocycles. The van der Waals surface area contributed by atoms with Crippen molar-refractivity contribution in [2.75, 3.05) is 7.05 Å². The van der Waals surface area contributed by atoms with Gasteiger partial charge in [-0.2, -0.15) is 0 Å². The minimum atomic E-state index is -0.731. The number of rotatable bonds is 4. The van der Waals surface area contributed by atoms with Gasteiger partial charge in [-0.25, -0.2) is 4.39 Å². The first kappa shape index (κ1) is 15.0. The van der Waals surface area contributed by atoms with Crippen LogP contribution in [0.5, 0.6) is 5.75 Å². The van der Waals surface area contributed by atoms with Crippen molar-refractivity contribution in [1.82, 2.24) is 4.90 Å². The topological polar surface area (TPSA) is 66.6 Å². The predicted molar refractivity (Wildman–Crippen MR) is 78.2 cm³/mol. The molecule has 0 aromatic heterocycles. The first-order valence-corrected chi connectivity index (χ1v) is 6.53. The molecular weight excluding hydrogens is 271 g/mol. The molecule has 110 valence electrons. The fourth-order valence-corrected chi connectivity index (χ4v) is 2.04. The summed E-state index contributed by atoms with van der Waals surface area (Å²) in [4.78, 5) is 13.6. The molecule has 0 spiro atoms. The molecule has 2 aromatic carbocycles. The van der Waals surface area contributed by atoms with Crippen LogP contribution < -0.4 is 5.73 Å². The Morgan fingerprint density at radius 3 is 2.38 bits per heavy atom. The van der Waals surface area contributed by atoms with E-state index in [2.05, 4.69) is 0 Å². The molecule has 2 rings (SSSR count). The number of hydrogen-bond donors (Lipinski definition) is 2. The Kier molecular flexibility index (Phi) is 4.55. The number of aromatic hydroxyl groups is 1. The minimum absolute atomic E-state index is 0.307. The third-order valence-corrected chi connectivity index (χ3v) is 3.23. The SMILES string of the molecule is CN(Cc1ccc(CN)cc1)C(=O)c1c(O)cccc1F. The fourth-order valence-electron chi connectivity index (χ4n) is 2.04. The average molecular weight is 288 g/mol.